The average Bonchev–Trinajstić information content (AvgIpc) is 2.66. The highest BCUT2D eigenvalue weighted by Crippen LogP contribution is 2.28. The van der Waals surface area contributed by atoms with Crippen molar-refractivity contribution >= 4 is 23.2 Å². The van der Waals surface area contributed by atoms with Crippen LogP contribution in [0.2, 0.25) is 0 Å². The van der Waals surface area contributed by atoms with Gasteiger partial charge in [0.15, 0.2) is 0 Å². The van der Waals surface area contributed by atoms with Gasteiger partial charge in [-0.3, -0.25) is 0 Å². The molecule has 2 nitrogen and oxygen atoms in total. The predicted molar refractivity (Wildman–Crippen MR) is 114 cm³/mol. The number of ether oxygens (including phenoxy) is 1. The Morgan fingerprint density at radius 2 is 1.65 bits per heavy atom. The molecule has 0 aliphatic carbocycles. The van der Waals surface area contributed by atoms with Gasteiger partial charge in [-0.25, -0.2) is 0 Å². The van der Waals surface area contributed by atoms with Crippen molar-refractivity contribution in [2.45, 2.75) is 39.3 Å². The summed E-state index contributed by atoms with van der Waals surface area (Å²) >= 11 is 0. The van der Waals surface area contributed by atoms with E-state index in [0.29, 0.717) is 0 Å². The highest BCUT2D eigenvalue weighted by atomic mass is 35.5. The molecule has 0 aliphatic rings. The normalized spacial score (nSPS) is 13.1. The van der Waals surface area contributed by atoms with E-state index in [1.807, 2.05) is 0 Å². The van der Waals surface area contributed by atoms with Crippen molar-refractivity contribution in [3.8, 4) is 5.75 Å². The number of hydrogen-bond donors (Lipinski definition) is 1. The molecule has 0 aliphatic heterocycles. The number of nitrogens with one attached hydrogen (secondary N) is 1. The van der Waals surface area contributed by atoms with Crippen LogP contribution in [0.1, 0.15) is 49.5 Å². The molecule has 2 atom stereocenters. The summed E-state index contributed by atoms with van der Waals surface area (Å²) in [4.78, 5) is 0. The van der Waals surface area contributed by atoms with Crippen molar-refractivity contribution in [3.05, 3.63) is 77.4 Å². The molecule has 0 unspecified atom stereocenters. The second-order valence-corrected chi connectivity index (χ2v) is 6.60. The molecule has 3 aromatic carbocycles. The minimum atomic E-state index is 0. The van der Waals surface area contributed by atoms with E-state index in [9.17, 15) is 0 Å². The molecule has 1 N–H and O–H groups in total. The highest BCUT2D eigenvalue weighted by Gasteiger charge is 2.14. The smallest absolute Gasteiger partial charge is 0.122 e. The van der Waals surface area contributed by atoms with E-state index in [0.717, 1.165) is 12.2 Å². The van der Waals surface area contributed by atoms with Gasteiger partial charge in [0.05, 0.1) is 7.11 Å². The van der Waals surface area contributed by atoms with Crippen LogP contribution < -0.4 is 10.1 Å². The monoisotopic (exact) mass is 369 g/mol. The lowest BCUT2D eigenvalue weighted by atomic mass is 9.97. The molecular weight excluding hydrogens is 342 g/mol. The van der Waals surface area contributed by atoms with E-state index in [1.165, 1.54) is 27.5 Å². The summed E-state index contributed by atoms with van der Waals surface area (Å²) in [6.45, 7) is 6.63. The molecular formula is C23H28ClNO. The Morgan fingerprint density at radius 3 is 2.38 bits per heavy atom. The van der Waals surface area contributed by atoms with Crippen molar-refractivity contribution in [2.75, 3.05) is 7.11 Å². The Kier molecular flexibility index (Phi) is 7.07. The van der Waals surface area contributed by atoms with Crippen LogP contribution in [0.3, 0.4) is 0 Å². The molecule has 0 fully saturated rings. The van der Waals surface area contributed by atoms with Gasteiger partial charge < -0.3 is 10.1 Å². The van der Waals surface area contributed by atoms with Gasteiger partial charge in [0.25, 0.3) is 0 Å². The summed E-state index contributed by atoms with van der Waals surface area (Å²) in [6, 6.07) is 22.1. The van der Waals surface area contributed by atoms with Crippen LogP contribution >= 0.6 is 12.4 Å². The maximum Gasteiger partial charge on any atom is 0.122 e. The summed E-state index contributed by atoms with van der Waals surface area (Å²) in [5.74, 6) is 0.973. The SMILES string of the molecule is CCc1cc([C@@H](C)N[C@H](C)c2cccc3ccccc23)ccc1OC.Cl. The molecule has 0 amide bonds. The van der Waals surface area contributed by atoms with Crippen molar-refractivity contribution in [1.82, 2.24) is 5.32 Å². The van der Waals surface area contributed by atoms with E-state index in [4.69, 9.17) is 4.74 Å². The summed E-state index contributed by atoms with van der Waals surface area (Å²) in [6.07, 6.45) is 0.975. The fraction of sp³-hybridized carbons (Fsp3) is 0.304. The van der Waals surface area contributed by atoms with Gasteiger partial charge in [-0.05, 0) is 53.8 Å². The van der Waals surface area contributed by atoms with Gasteiger partial charge >= 0.3 is 0 Å². The summed E-state index contributed by atoms with van der Waals surface area (Å²) in [7, 11) is 1.73. The second kappa shape index (κ2) is 9.07. The van der Waals surface area contributed by atoms with Gasteiger partial charge in [-0.15, -0.1) is 12.4 Å². The zero-order chi connectivity index (χ0) is 17.8. The Balaban J connectivity index is 0.00000243. The maximum absolute atomic E-state index is 5.45. The number of halogens is 1. The Bertz CT molecular complexity index is 856. The third-order valence-corrected chi connectivity index (χ3v) is 4.98. The predicted octanol–water partition coefficient (Wildman–Crippen LogP) is 6.24. The molecule has 3 aromatic rings. The molecule has 0 bridgehead atoms. The fourth-order valence-electron chi connectivity index (χ4n) is 3.53. The quantitative estimate of drug-likeness (QED) is 0.554. The average molecular weight is 370 g/mol. The summed E-state index contributed by atoms with van der Waals surface area (Å²) in [5.41, 5.74) is 3.89. The lowest BCUT2D eigenvalue weighted by Gasteiger charge is -2.23. The number of benzene rings is 3. The van der Waals surface area contributed by atoms with Gasteiger partial charge in [0, 0.05) is 12.1 Å². The molecule has 0 heterocycles. The summed E-state index contributed by atoms with van der Waals surface area (Å²) in [5, 5.41) is 6.36. The molecule has 0 spiro atoms. The van der Waals surface area contributed by atoms with Crippen LogP contribution in [0.25, 0.3) is 10.8 Å². The lowest BCUT2D eigenvalue weighted by molar-refractivity contribution is 0.409. The third kappa shape index (κ3) is 4.20. The summed E-state index contributed by atoms with van der Waals surface area (Å²) < 4.78 is 5.45. The van der Waals surface area contributed by atoms with E-state index < -0.39 is 0 Å². The van der Waals surface area contributed by atoms with Crippen molar-refractivity contribution < 1.29 is 4.74 Å². The zero-order valence-corrected chi connectivity index (χ0v) is 16.8. The van der Waals surface area contributed by atoms with Gasteiger partial charge in [-0.1, -0.05) is 61.5 Å². The molecule has 0 saturated heterocycles. The first-order valence-corrected chi connectivity index (χ1v) is 9.04. The van der Waals surface area contributed by atoms with E-state index in [1.54, 1.807) is 7.11 Å². The van der Waals surface area contributed by atoms with Crippen molar-refractivity contribution in [3.63, 3.8) is 0 Å². The van der Waals surface area contributed by atoms with Crippen LogP contribution in [0.5, 0.6) is 5.75 Å². The Hall–Kier alpha value is -2.03. The second-order valence-electron chi connectivity index (χ2n) is 6.60. The van der Waals surface area contributed by atoms with Gasteiger partial charge in [0.2, 0.25) is 0 Å². The van der Waals surface area contributed by atoms with Crippen LogP contribution in [-0.2, 0) is 6.42 Å². The minimum absolute atomic E-state index is 0. The topological polar surface area (TPSA) is 21.3 Å². The van der Waals surface area contributed by atoms with E-state index >= 15 is 0 Å². The van der Waals surface area contributed by atoms with Crippen LogP contribution in [-0.4, -0.2) is 7.11 Å². The maximum atomic E-state index is 5.45. The standard InChI is InChI=1S/C23H27NO.ClH/c1-5-18-15-20(13-14-23(18)25-4)16(2)24-17(3)21-12-8-10-19-9-6-7-11-22(19)21;/h6-17,24H,5H2,1-4H3;1H/t16-,17-;/m1./s1. The van der Waals surface area contributed by atoms with Crippen LogP contribution in [0.4, 0.5) is 0 Å². The first kappa shape index (κ1) is 20.3. The third-order valence-electron chi connectivity index (χ3n) is 4.98. The Morgan fingerprint density at radius 1 is 0.923 bits per heavy atom. The highest BCUT2D eigenvalue weighted by molar-refractivity contribution is 5.86. The number of hydrogen-bond acceptors (Lipinski definition) is 2. The molecule has 0 saturated carbocycles. The molecule has 138 valence electrons. The first-order chi connectivity index (χ1) is 12.1. The fourth-order valence-corrected chi connectivity index (χ4v) is 3.53. The number of rotatable bonds is 6. The number of aryl methyl sites for hydroxylation is 1. The first-order valence-electron chi connectivity index (χ1n) is 9.04. The largest absolute Gasteiger partial charge is 0.496 e. The van der Waals surface area contributed by atoms with Crippen LogP contribution in [0, 0.1) is 0 Å². The van der Waals surface area contributed by atoms with Gasteiger partial charge in [-0.2, -0.15) is 0 Å². The molecule has 3 heteroatoms. The van der Waals surface area contributed by atoms with E-state index in [-0.39, 0.29) is 24.5 Å². The lowest BCUT2D eigenvalue weighted by Crippen LogP contribution is -2.22. The van der Waals surface area contributed by atoms with Crippen molar-refractivity contribution in [2.24, 2.45) is 0 Å². The minimum Gasteiger partial charge on any atom is -0.496 e. The molecule has 26 heavy (non-hydrogen) atoms. The zero-order valence-electron chi connectivity index (χ0n) is 16.0. The molecule has 0 aromatic heterocycles. The van der Waals surface area contributed by atoms with Crippen molar-refractivity contribution in [1.29, 1.82) is 0 Å². The molecule has 3 rings (SSSR count). The van der Waals surface area contributed by atoms with E-state index in [2.05, 4.69) is 86.8 Å². The van der Waals surface area contributed by atoms with Crippen LogP contribution in [0.15, 0.2) is 60.7 Å². The number of methoxy groups -OCH3 is 1. The molecule has 0 radical (unpaired) electrons. The van der Waals surface area contributed by atoms with Gasteiger partial charge in [0.1, 0.15) is 5.75 Å². The number of fused-ring (bicyclic) bond motifs is 1. The Labute approximate surface area is 163 Å².